The predicted molar refractivity (Wildman–Crippen MR) is 112 cm³/mol. The first kappa shape index (κ1) is 26.0. The van der Waals surface area contributed by atoms with Crippen LogP contribution < -0.4 is 0 Å². The van der Waals surface area contributed by atoms with Crippen molar-refractivity contribution in [1.29, 1.82) is 0 Å². The third-order valence-electron chi connectivity index (χ3n) is 5.61. The summed E-state index contributed by atoms with van der Waals surface area (Å²) < 4.78 is 21.1. The highest BCUT2D eigenvalue weighted by Gasteiger charge is 2.52. The molecule has 0 saturated carbocycles. The number of ether oxygens (including phenoxy) is 4. The second kappa shape index (κ2) is 10.1. The number of rotatable bonds is 5. The highest BCUT2D eigenvalue weighted by molar-refractivity contribution is 6.05. The minimum Gasteiger partial charge on any atom is -0.466 e. The number of methoxy groups -OCH3 is 1. The first-order chi connectivity index (χ1) is 15.3. The van der Waals surface area contributed by atoms with Crippen LogP contribution in [0.4, 0.5) is 0 Å². The van der Waals surface area contributed by atoms with E-state index in [-0.39, 0.29) is 11.1 Å². The quantitative estimate of drug-likeness (QED) is 0.207. The van der Waals surface area contributed by atoms with Gasteiger partial charge in [-0.1, -0.05) is 18.2 Å². The van der Waals surface area contributed by atoms with E-state index in [1.807, 2.05) is 0 Å². The van der Waals surface area contributed by atoms with Gasteiger partial charge in [0.1, 0.15) is 6.10 Å². The number of esters is 4. The summed E-state index contributed by atoms with van der Waals surface area (Å²) in [6, 6.07) is 0. The van der Waals surface area contributed by atoms with Crippen LogP contribution >= 0.6 is 0 Å². The molecule has 0 radical (unpaired) electrons. The van der Waals surface area contributed by atoms with E-state index in [2.05, 4.69) is 6.58 Å². The molecule has 1 aliphatic carbocycles. The molecule has 0 bridgehead atoms. The van der Waals surface area contributed by atoms with Crippen molar-refractivity contribution in [2.75, 3.05) is 7.11 Å². The van der Waals surface area contributed by atoms with Crippen molar-refractivity contribution >= 4 is 29.7 Å². The molecule has 2 aliphatic rings. The lowest BCUT2D eigenvalue weighted by molar-refractivity contribution is -0.185. The fourth-order valence-electron chi connectivity index (χ4n) is 3.57. The van der Waals surface area contributed by atoms with Gasteiger partial charge in [0, 0.05) is 12.5 Å². The lowest BCUT2D eigenvalue weighted by Crippen LogP contribution is -2.51. The van der Waals surface area contributed by atoms with E-state index >= 15 is 0 Å². The predicted octanol–water partition coefficient (Wildman–Crippen LogP) is 1.11. The van der Waals surface area contributed by atoms with Crippen molar-refractivity contribution < 1.29 is 48.0 Å². The molecule has 5 unspecified atom stereocenters. The van der Waals surface area contributed by atoms with Gasteiger partial charge in [-0.25, -0.2) is 14.4 Å². The normalized spacial score (nSPS) is 30.2. The van der Waals surface area contributed by atoms with E-state index in [0.717, 1.165) is 33.5 Å². The minimum atomic E-state index is -2.53. The van der Waals surface area contributed by atoms with Crippen LogP contribution in [0.2, 0.25) is 0 Å². The number of hydrogen-bond acceptors (Lipinski definition) is 10. The molecule has 1 saturated heterocycles. The van der Waals surface area contributed by atoms with Gasteiger partial charge in [0.25, 0.3) is 0 Å². The van der Waals surface area contributed by atoms with Gasteiger partial charge in [0.05, 0.1) is 18.6 Å². The molecular weight excluding hydrogens is 436 g/mol. The number of Topliss-reactive ketones (excluding diaryl/α,β-unsaturated/α-hetero) is 1. The highest BCUT2D eigenvalue weighted by Crippen LogP contribution is 2.38. The smallest absolute Gasteiger partial charge is 0.346 e. The van der Waals surface area contributed by atoms with E-state index in [1.54, 1.807) is 13.0 Å². The molecule has 10 nitrogen and oxygen atoms in total. The van der Waals surface area contributed by atoms with Crippen LogP contribution in [0.5, 0.6) is 0 Å². The molecule has 33 heavy (non-hydrogen) atoms. The monoisotopic (exact) mass is 464 g/mol. The largest absolute Gasteiger partial charge is 0.466 e. The molecule has 0 spiro atoms. The Morgan fingerprint density at radius 3 is 2.39 bits per heavy atom. The Balaban J connectivity index is 2.73. The summed E-state index contributed by atoms with van der Waals surface area (Å²) in [5.41, 5.74) is -1.93. The van der Waals surface area contributed by atoms with Gasteiger partial charge in [-0.2, -0.15) is 0 Å². The van der Waals surface area contributed by atoms with Gasteiger partial charge in [0.2, 0.25) is 5.60 Å². The van der Waals surface area contributed by atoms with Gasteiger partial charge in [-0.15, -0.1) is 0 Å². The van der Waals surface area contributed by atoms with Crippen molar-refractivity contribution in [2.45, 2.75) is 64.4 Å². The lowest BCUT2D eigenvalue weighted by atomic mass is 9.83. The third kappa shape index (κ3) is 5.57. The number of hydrogen-bond donors (Lipinski definition) is 1. The number of allylic oxidation sites excluding steroid dienone is 2. The second-order valence-corrected chi connectivity index (χ2v) is 8.15. The average molecular weight is 464 g/mol. The van der Waals surface area contributed by atoms with Crippen molar-refractivity contribution in [3.05, 3.63) is 35.5 Å². The van der Waals surface area contributed by atoms with Crippen LogP contribution in [0.1, 0.15) is 40.5 Å². The molecule has 5 atom stereocenters. The van der Waals surface area contributed by atoms with Crippen molar-refractivity contribution in [1.82, 2.24) is 0 Å². The molecule has 0 amide bonds. The number of fused-ring (bicyclic) bond motifs is 1. The molecule has 1 N–H and O–H groups in total. The first-order valence-corrected chi connectivity index (χ1v) is 10.3. The first-order valence-electron chi connectivity index (χ1n) is 10.3. The van der Waals surface area contributed by atoms with Gasteiger partial charge in [-0.3, -0.25) is 9.59 Å². The van der Waals surface area contributed by atoms with E-state index in [1.165, 1.54) is 6.08 Å². The molecule has 0 aromatic rings. The zero-order valence-electron chi connectivity index (χ0n) is 19.2. The number of carbonyl (C=O) groups excluding carboxylic acids is 5. The summed E-state index contributed by atoms with van der Waals surface area (Å²) in [4.78, 5) is 61.6. The molecule has 1 fully saturated rings. The fourth-order valence-corrected chi connectivity index (χ4v) is 3.57. The highest BCUT2D eigenvalue weighted by atomic mass is 16.6. The maximum Gasteiger partial charge on any atom is 0.346 e. The number of ketones is 1. The summed E-state index contributed by atoms with van der Waals surface area (Å²) in [5, 5.41) is 10.3. The Morgan fingerprint density at radius 1 is 1.21 bits per heavy atom. The van der Waals surface area contributed by atoms with Crippen molar-refractivity contribution in [3.8, 4) is 0 Å². The summed E-state index contributed by atoms with van der Waals surface area (Å²) in [7, 11) is 1.13. The molecule has 1 aliphatic heterocycles. The Bertz CT molecular complexity index is 939. The van der Waals surface area contributed by atoms with Crippen LogP contribution in [0.25, 0.3) is 0 Å². The van der Waals surface area contributed by atoms with E-state index in [9.17, 15) is 29.1 Å². The topological polar surface area (TPSA) is 143 Å². The summed E-state index contributed by atoms with van der Waals surface area (Å²) in [6.07, 6.45) is -0.0725. The Hall–Kier alpha value is -3.27. The molecule has 180 valence electrons. The van der Waals surface area contributed by atoms with Crippen molar-refractivity contribution in [2.24, 2.45) is 5.92 Å². The lowest BCUT2D eigenvalue weighted by Gasteiger charge is -2.34. The van der Waals surface area contributed by atoms with Crippen LogP contribution in [0, 0.1) is 5.92 Å². The maximum absolute atomic E-state index is 12.8. The zero-order chi connectivity index (χ0) is 25.1. The number of carbonyl (C=O) groups is 5. The Kier molecular flexibility index (Phi) is 7.97. The minimum absolute atomic E-state index is 0.0914. The standard InChI is InChI=1S/C23H28O10/c1-11-8-7-9-15(21(27)30-6)18(31-14(4)25)19(33-22(28)23(5,29)13(3)24)17-12(2)20(26)32-16(17)10-11/h9-10,16-19,29H,2,7-8H2,1,3-6H3/b11-10+,15-9+. The molecule has 1 heterocycles. The summed E-state index contributed by atoms with van der Waals surface area (Å²) >= 11 is 0. The molecule has 0 aromatic heterocycles. The van der Waals surface area contributed by atoms with Gasteiger partial charge >= 0.3 is 23.9 Å². The van der Waals surface area contributed by atoms with Crippen LogP contribution in [0.3, 0.4) is 0 Å². The molecule has 10 heteroatoms. The molecular formula is C23H28O10. The van der Waals surface area contributed by atoms with E-state index in [0.29, 0.717) is 12.8 Å². The molecule has 2 rings (SSSR count). The van der Waals surface area contributed by atoms with Crippen molar-refractivity contribution in [3.63, 3.8) is 0 Å². The fraction of sp³-hybridized carbons (Fsp3) is 0.522. The Morgan fingerprint density at radius 2 is 1.85 bits per heavy atom. The zero-order valence-corrected chi connectivity index (χ0v) is 19.2. The summed E-state index contributed by atoms with van der Waals surface area (Å²) in [5.74, 6) is -5.77. The van der Waals surface area contributed by atoms with Crippen LogP contribution in [-0.2, 0) is 42.9 Å². The van der Waals surface area contributed by atoms with Crippen LogP contribution in [-0.4, -0.2) is 65.8 Å². The van der Waals surface area contributed by atoms with Gasteiger partial charge in [-0.05, 0) is 39.7 Å². The average Bonchev–Trinajstić information content (AvgIpc) is 2.99. The van der Waals surface area contributed by atoms with Gasteiger partial charge < -0.3 is 24.1 Å². The SMILES string of the molecule is C=C1C(=O)OC2/C=C(\C)CC/C=C(/C(=O)OC)C(OC(C)=O)C(OC(=O)C(C)(O)C(C)=O)C12. The molecule has 0 aromatic carbocycles. The number of aliphatic hydroxyl groups is 1. The Labute approximate surface area is 191 Å². The van der Waals surface area contributed by atoms with E-state index < -0.39 is 59.5 Å². The van der Waals surface area contributed by atoms with E-state index in [4.69, 9.17) is 18.9 Å². The second-order valence-electron chi connectivity index (χ2n) is 8.15. The summed E-state index contributed by atoms with van der Waals surface area (Å²) in [6.45, 7) is 8.55. The maximum atomic E-state index is 12.8. The van der Waals surface area contributed by atoms with Gasteiger partial charge in [0.15, 0.2) is 18.0 Å². The third-order valence-corrected chi connectivity index (χ3v) is 5.61. The van der Waals surface area contributed by atoms with Crippen LogP contribution in [0.15, 0.2) is 35.5 Å².